The van der Waals surface area contributed by atoms with Crippen LogP contribution in [0.2, 0.25) is 0 Å². The molecule has 3 aromatic rings. The number of fused-ring (bicyclic) bond motifs is 1. The van der Waals surface area contributed by atoms with Crippen LogP contribution in [-0.2, 0) is 6.42 Å². The van der Waals surface area contributed by atoms with Crippen molar-refractivity contribution in [2.75, 3.05) is 13.1 Å². The first-order valence-corrected chi connectivity index (χ1v) is 8.59. The lowest BCUT2D eigenvalue weighted by Crippen LogP contribution is -2.36. The average molecular weight is 320 g/mol. The number of aromatic nitrogens is 1. The second kappa shape index (κ2) is 7.56. The van der Waals surface area contributed by atoms with Gasteiger partial charge in [-0.3, -0.25) is 4.90 Å². The molecule has 3 heteroatoms. The summed E-state index contributed by atoms with van der Waals surface area (Å²) in [5, 5.41) is 11.6. The Morgan fingerprint density at radius 1 is 0.917 bits per heavy atom. The number of nitrogens with zero attached hydrogens (tertiary/aromatic N) is 2. The Morgan fingerprint density at radius 2 is 1.67 bits per heavy atom. The third-order valence-corrected chi connectivity index (χ3v) is 4.51. The first-order chi connectivity index (χ1) is 11.7. The monoisotopic (exact) mass is 320 g/mol. The summed E-state index contributed by atoms with van der Waals surface area (Å²) < 4.78 is 0. The lowest BCUT2D eigenvalue weighted by molar-refractivity contribution is 0.0118. The minimum absolute atomic E-state index is 0.479. The van der Waals surface area contributed by atoms with Crippen molar-refractivity contribution in [1.82, 2.24) is 9.88 Å². The van der Waals surface area contributed by atoms with Gasteiger partial charge < -0.3 is 5.11 Å². The van der Waals surface area contributed by atoms with E-state index in [2.05, 4.69) is 55.1 Å². The van der Waals surface area contributed by atoms with E-state index in [1.807, 2.05) is 24.3 Å². The molecule has 3 rings (SSSR count). The summed E-state index contributed by atoms with van der Waals surface area (Å²) in [5.41, 5.74) is 4.14. The van der Waals surface area contributed by atoms with Crippen LogP contribution in [-0.4, -0.2) is 34.3 Å². The molecular formula is C21H24N2O. The molecule has 0 fully saturated rings. The second-order valence-corrected chi connectivity index (χ2v) is 5.96. The summed E-state index contributed by atoms with van der Waals surface area (Å²) >= 11 is 0. The van der Waals surface area contributed by atoms with E-state index in [1.54, 1.807) is 0 Å². The molecule has 1 heterocycles. The number of aliphatic hydroxyl groups excluding tert-OH is 1. The fourth-order valence-electron chi connectivity index (χ4n) is 3.11. The smallest absolute Gasteiger partial charge is 0.111 e. The van der Waals surface area contributed by atoms with Crippen molar-refractivity contribution in [3.8, 4) is 11.3 Å². The molecule has 0 amide bonds. The highest BCUT2D eigenvalue weighted by atomic mass is 16.3. The SMILES string of the molecule is CCN(CC)C(O)Cc1cccc2ccc(-c3ccccc3)nc12. The van der Waals surface area contributed by atoms with E-state index in [1.165, 1.54) is 0 Å². The molecule has 2 aromatic carbocycles. The van der Waals surface area contributed by atoms with Crippen molar-refractivity contribution in [2.45, 2.75) is 26.5 Å². The summed E-state index contributed by atoms with van der Waals surface area (Å²) in [6, 6.07) is 20.5. The number of rotatable bonds is 6. The van der Waals surface area contributed by atoms with Crippen LogP contribution in [0, 0.1) is 0 Å². The fourth-order valence-corrected chi connectivity index (χ4v) is 3.11. The molecule has 1 N–H and O–H groups in total. The summed E-state index contributed by atoms with van der Waals surface area (Å²) in [7, 11) is 0. The Balaban J connectivity index is 1.99. The Morgan fingerprint density at radius 3 is 2.38 bits per heavy atom. The molecule has 0 radical (unpaired) electrons. The molecule has 124 valence electrons. The Bertz CT molecular complexity index is 797. The molecule has 0 aliphatic carbocycles. The van der Waals surface area contributed by atoms with Gasteiger partial charge in [0.15, 0.2) is 0 Å². The number of hydrogen-bond acceptors (Lipinski definition) is 3. The van der Waals surface area contributed by atoms with Crippen molar-refractivity contribution in [3.05, 3.63) is 66.2 Å². The first-order valence-electron chi connectivity index (χ1n) is 8.59. The zero-order chi connectivity index (χ0) is 16.9. The van der Waals surface area contributed by atoms with Gasteiger partial charge in [0.1, 0.15) is 6.23 Å². The summed E-state index contributed by atoms with van der Waals surface area (Å²) in [6.07, 6.45) is 0.109. The third kappa shape index (κ3) is 3.48. The standard InChI is InChI=1S/C21H24N2O/c1-3-23(4-2)20(24)15-18-12-8-11-17-13-14-19(22-21(17)18)16-9-6-5-7-10-16/h5-14,20,24H,3-4,15H2,1-2H3. The Kier molecular flexibility index (Phi) is 5.24. The lowest BCUT2D eigenvalue weighted by Gasteiger charge is -2.25. The maximum Gasteiger partial charge on any atom is 0.111 e. The summed E-state index contributed by atoms with van der Waals surface area (Å²) in [4.78, 5) is 6.94. The fraction of sp³-hybridized carbons (Fsp3) is 0.286. The molecule has 0 spiro atoms. The summed E-state index contributed by atoms with van der Waals surface area (Å²) in [6.45, 7) is 5.82. The molecule has 1 unspecified atom stereocenters. The topological polar surface area (TPSA) is 36.4 Å². The highest BCUT2D eigenvalue weighted by molar-refractivity contribution is 5.84. The number of likely N-dealkylation sites (N-methyl/N-ethyl adjacent to an activating group) is 1. The molecule has 0 aliphatic heterocycles. The minimum atomic E-state index is -0.479. The number of pyridine rings is 1. The molecule has 0 aliphatic rings. The van der Waals surface area contributed by atoms with E-state index in [4.69, 9.17) is 4.98 Å². The van der Waals surface area contributed by atoms with Crippen LogP contribution in [0.4, 0.5) is 0 Å². The molecule has 1 atom stereocenters. The van der Waals surface area contributed by atoms with Gasteiger partial charge in [-0.25, -0.2) is 4.98 Å². The molecule has 0 bridgehead atoms. The summed E-state index contributed by atoms with van der Waals surface area (Å²) in [5.74, 6) is 0. The van der Waals surface area contributed by atoms with Crippen molar-refractivity contribution in [2.24, 2.45) is 0 Å². The number of para-hydroxylation sites is 1. The van der Waals surface area contributed by atoms with Crippen LogP contribution < -0.4 is 0 Å². The van der Waals surface area contributed by atoms with Crippen LogP contribution in [0.3, 0.4) is 0 Å². The Hall–Kier alpha value is -2.23. The Labute approximate surface area is 143 Å². The maximum atomic E-state index is 10.5. The van der Waals surface area contributed by atoms with Crippen LogP contribution >= 0.6 is 0 Å². The van der Waals surface area contributed by atoms with Gasteiger partial charge in [0, 0.05) is 17.4 Å². The van der Waals surface area contributed by atoms with Gasteiger partial charge in [-0.2, -0.15) is 0 Å². The van der Waals surface area contributed by atoms with Crippen molar-refractivity contribution in [1.29, 1.82) is 0 Å². The van der Waals surface area contributed by atoms with E-state index >= 15 is 0 Å². The van der Waals surface area contributed by atoms with Crippen molar-refractivity contribution < 1.29 is 5.11 Å². The van der Waals surface area contributed by atoms with Crippen LogP contribution in [0.25, 0.3) is 22.2 Å². The average Bonchev–Trinajstić information content (AvgIpc) is 2.63. The predicted molar refractivity (Wildman–Crippen MR) is 99.8 cm³/mol. The number of hydrogen-bond donors (Lipinski definition) is 1. The number of benzene rings is 2. The normalized spacial score (nSPS) is 12.7. The van der Waals surface area contributed by atoms with E-state index in [0.29, 0.717) is 6.42 Å². The minimum Gasteiger partial charge on any atom is -0.378 e. The molecule has 0 saturated heterocycles. The van der Waals surface area contributed by atoms with Crippen LogP contribution in [0.15, 0.2) is 60.7 Å². The molecule has 0 saturated carbocycles. The first kappa shape index (κ1) is 16.6. The van der Waals surface area contributed by atoms with E-state index < -0.39 is 6.23 Å². The van der Waals surface area contributed by atoms with Gasteiger partial charge >= 0.3 is 0 Å². The maximum absolute atomic E-state index is 10.5. The van der Waals surface area contributed by atoms with E-state index in [-0.39, 0.29) is 0 Å². The van der Waals surface area contributed by atoms with Gasteiger partial charge in [-0.05, 0) is 24.7 Å². The van der Waals surface area contributed by atoms with Crippen LogP contribution in [0.1, 0.15) is 19.4 Å². The highest BCUT2D eigenvalue weighted by Gasteiger charge is 2.15. The van der Waals surface area contributed by atoms with Gasteiger partial charge in [0.25, 0.3) is 0 Å². The third-order valence-electron chi connectivity index (χ3n) is 4.51. The van der Waals surface area contributed by atoms with E-state index in [0.717, 1.165) is 40.8 Å². The van der Waals surface area contributed by atoms with Gasteiger partial charge in [-0.15, -0.1) is 0 Å². The van der Waals surface area contributed by atoms with Gasteiger partial charge in [0.05, 0.1) is 11.2 Å². The molecule has 3 nitrogen and oxygen atoms in total. The van der Waals surface area contributed by atoms with Crippen molar-refractivity contribution >= 4 is 10.9 Å². The molecule has 1 aromatic heterocycles. The molecular weight excluding hydrogens is 296 g/mol. The predicted octanol–water partition coefficient (Wildman–Crippen LogP) is 4.10. The van der Waals surface area contributed by atoms with E-state index in [9.17, 15) is 5.11 Å². The lowest BCUT2D eigenvalue weighted by atomic mass is 10.0. The van der Waals surface area contributed by atoms with Crippen LogP contribution in [0.5, 0.6) is 0 Å². The zero-order valence-corrected chi connectivity index (χ0v) is 14.3. The quantitative estimate of drug-likeness (QED) is 0.695. The highest BCUT2D eigenvalue weighted by Crippen LogP contribution is 2.24. The largest absolute Gasteiger partial charge is 0.378 e. The number of aliphatic hydroxyl groups is 1. The molecule has 24 heavy (non-hydrogen) atoms. The van der Waals surface area contributed by atoms with Crippen molar-refractivity contribution in [3.63, 3.8) is 0 Å². The van der Waals surface area contributed by atoms with Gasteiger partial charge in [0.2, 0.25) is 0 Å². The zero-order valence-electron chi connectivity index (χ0n) is 14.3. The second-order valence-electron chi connectivity index (χ2n) is 5.96. The van der Waals surface area contributed by atoms with Gasteiger partial charge in [-0.1, -0.05) is 68.4 Å².